The van der Waals surface area contributed by atoms with Gasteiger partial charge in [0.05, 0.1) is 6.61 Å². The van der Waals surface area contributed by atoms with E-state index in [0.717, 1.165) is 24.3 Å². The number of carbonyl (C=O) groups excluding carboxylic acids is 1. The van der Waals surface area contributed by atoms with E-state index in [2.05, 4.69) is 5.32 Å². The van der Waals surface area contributed by atoms with Crippen molar-refractivity contribution in [3.63, 3.8) is 0 Å². The van der Waals surface area contributed by atoms with Gasteiger partial charge in [0.1, 0.15) is 0 Å². The first kappa shape index (κ1) is 14.1. The molecule has 3 nitrogen and oxygen atoms in total. The molecule has 1 aromatic carbocycles. The summed E-state index contributed by atoms with van der Waals surface area (Å²) >= 11 is 0. The monoisotopic (exact) mass is 261 g/mol. The Bertz CT molecular complexity index is 396. The Hall–Kier alpha value is -1.35. The molecule has 0 spiro atoms. The summed E-state index contributed by atoms with van der Waals surface area (Å²) < 4.78 is 0. The van der Waals surface area contributed by atoms with E-state index in [-0.39, 0.29) is 12.5 Å². The lowest BCUT2D eigenvalue weighted by molar-refractivity contribution is -0.121. The standard InChI is InChI=1S/C16H23NO2/c18-12-15-6-4-14(5-7-15)10-11-17-16(19)9-8-13-2-1-3-13/h4-7,13,18H,1-3,8-12H2,(H,17,19). The number of nitrogens with one attached hydrogen (secondary N) is 1. The van der Waals surface area contributed by atoms with Gasteiger partial charge in [-0.3, -0.25) is 4.79 Å². The van der Waals surface area contributed by atoms with Gasteiger partial charge in [-0.25, -0.2) is 0 Å². The van der Waals surface area contributed by atoms with Crippen molar-refractivity contribution in [2.75, 3.05) is 6.54 Å². The number of hydrogen-bond acceptors (Lipinski definition) is 2. The molecule has 0 unspecified atom stereocenters. The van der Waals surface area contributed by atoms with E-state index in [1.165, 1.54) is 24.8 Å². The molecule has 1 amide bonds. The zero-order valence-corrected chi connectivity index (χ0v) is 11.4. The second kappa shape index (κ2) is 7.29. The highest BCUT2D eigenvalue weighted by atomic mass is 16.3. The highest BCUT2D eigenvalue weighted by Gasteiger charge is 2.17. The summed E-state index contributed by atoms with van der Waals surface area (Å²) in [5, 5.41) is 11.9. The number of hydrogen-bond donors (Lipinski definition) is 2. The molecule has 0 saturated heterocycles. The highest BCUT2D eigenvalue weighted by Crippen LogP contribution is 2.30. The molecule has 1 aliphatic carbocycles. The van der Waals surface area contributed by atoms with Crippen molar-refractivity contribution in [1.82, 2.24) is 5.32 Å². The van der Waals surface area contributed by atoms with E-state index in [1.807, 2.05) is 24.3 Å². The summed E-state index contributed by atoms with van der Waals surface area (Å²) in [4.78, 5) is 11.6. The number of aliphatic hydroxyl groups excluding tert-OH is 1. The highest BCUT2D eigenvalue weighted by molar-refractivity contribution is 5.75. The van der Waals surface area contributed by atoms with Crippen molar-refractivity contribution in [2.24, 2.45) is 5.92 Å². The molecule has 0 heterocycles. The number of rotatable bonds is 7. The van der Waals surface area contributed by atoms with Crippen LogP contribution in [0.25, 0.3) is 0 Å². The van der Waals surface area contributed by atoms with Crippen molar-refractivity contribution in [3.8, 4) is 0 Å². The van der Waals surface area contributed by atoms with Crippen LogP contribution in [-0.2, 0) is 17.8 Å². The molecule has 0 radical (unpaired) electrons. The summed E-state index contributed by atoms with van der Waals surface area (Å²) in [5.74, 6) is 0.982. The Balaban J connectivity index is 1.60. The van der Waals surface area contributed by atoms with Crippen molar-refractivity contribution in [3.05, 3.63) is 35.4 Å². The van der Waals surface area contributed by atoms with Crippen molar-refractivity contribution >= 4 is 5.91 Å². The van der Waals surface area contributed by atoms with Gasteiger partial charge in [-0.05, 0) is 29.9 Å². The Kier molecular flexibility index (Phi) is 5.40. The second-order valence-electron chi connectivity index (χ2n) is 5.41. The van der Waals surface area contributed by atoms with E-state index in [0.29, 0.717) is 13.0 Å². The quantitative estimate of drug-likeness (QED) is 0.792. The third-order valence-corrected chi connectivity index (χ3v) is 3.95. The molecule has 0 aromatic heterocycles. The second-order valence-corrected chi connectivity index (χ2v) is 5.41. The number of aliphatic hydroxyl groups is 1. The molecule has 1 aliphatic rings. The Morgan fingerprint density at radius 3 is 2.47 bits per heavy atom. The fourth-order valence-corrected chi connectivity index (χ4v) is 2.36. The molecule has 104 valence electrons. The number of amides is 1. The van der Waals surface area contributed by atoms with Gasteiger partial charge >= 0.3 is 0 Å². The lowest BCUT2D eigenvalue weighted by atomic mass is 9.82. The van der Waals surface area contributed by atoms with Gasteiger partial charge in [0.25, 0.3) is 0 Å². The van der Waals surface area contributed by atoms with Crippen molar-refractivity contribution in [1.29, 1.82) is 0 Å². The normalized spacial score (nSPS) is 15.0. The average molecular weight is 261 g/mol. The molecular weight excluding hydrogens is 238 g/mol. The maximum absolute atomic E-state index is 11.6. The topological polar surface area (TPSA) is 49.3 Å². The molecule has 1 saturated carbocycles. The van der Waals surface area contributed by atoms with E-state index in [9.17, 15) is 4.79 Å². The van der Waals surface area contributed by atoms with Crippen molar-refractivity contribution in [2.45, 2.75) is 45.1 Å². The lowest BCUT2D eigenvalue weighted by Crippen LogP contribution is -2.26. The zero-order valence-electron chi connectivity index (χ0n) is 11.4. The van der Waals surface area contributed by atoms with Crippen LogP contribution < -0.4 is 5.32 Å². The average Bonchev–Trinajstić information content (AvgIpc) is 2.38. The zero-order chi connectivity index (χ0) is 13.5. The molecule has 2 rings (SSSR count). The first-order chi connectivity index (χ1) is 9.28. The predicted octanol–water partition coefficient (Wildman–Crippen LogP) is 2.42. The fourth-order valence-electron chi connectivity index (χ4n) is 2.36. The third-order valence-electron chi connectivity index (χ3n) is 3.95. The van der Waals surface area contributed by atoms with Gasteiger partial charge in [-0.2, -0.15) is 0 Å². The molecule has 3 heteroatoms. The predicted molar refractivity (Wildman–Crippen MR) is 75.7 cm³/mol. The Morgan fingerprint density at radius 2 is 1.89 bits per heavy atom. The molecule has 1 aromatic rings. The van der Waals surface area contributed by atoms with Crippen LogP contribution in [0.15, 0.2) is 24.3 Å². The minimum atomic E-state index is 0.0815. The Labute approximate surface area is 115 Å². The molecule has 2 N–H and O–H groups in total. The van der Waals surface area contributed by atoms with E-state index in [4.69, 9.17) is 5.11 Å². The summed E-state index contributed by atoms with van der Waals surface area (Å²) in [6, 6.07) is 7.86. The van der Waals surface area contributed by atoms with Gasteiger partial charge in [-0.15, -0.1) is 0 Å². The van der Waals surface area contributed by atoms with Gasteiger partial charge in [0.2, 0.25) is 5.91 Å². The van der Waals surface area contributed by atoms with Crippen LogP contribution in [0.3, 0.4) is 0 Å². The fraction of sp³-hybridized carbons (Fsp3) is 0.562. The van der Waals surface area contributed by atoms with Crippen LogP contribution in [-0.4, -0.2) is 17.6 Å². The van der Waals surface area contributed by atoms with Gasteiger partial charge in [-0.1, -0.05) is 43.5 Å². The summed E-state index contributed by atoms with van der Waals surface area (Å²) in [6.07, 6.45) is 6.54. The molecule has 0 atom stereocenters. The van der Waals surface area contributed by atoms with Gasteiger partial charge < -0.3 is 10.4 Å². The van der Waals surface area contributed by atoms with Crippen LogP contribution >= 0.6 is 0 Å². The van der Waals surface area contributed by atoms with Crippen LogP contribution in [0.5, 0.6) is 0 Å². The minimum Gasteiger partial charge on any atom is -0.392 e. The molecule has 1 fully saturated rings. The SMILES string of the molecule is O=C(CCC1CCC1)NCCc1ccc(CO)cc1. The summed E-state index contributed by atoms with van der Waals surface area (Å²) in [7, 11) is 0. The lowest BCUT2D eigenvalue weighted by Gasteiger charge is -2.24. The maximum atomic E-state index is 11.6. The first-order valence-corrected chi connectivity index (χ1v) is 7.23. The van der Waals surface area contributed by atoms with Crippen LogP contribution in [0.1, 0.15) is 43.2 Å². The van der Waals surface area contributed by atoms with Crippen LogP contribution in [0.4, 0.5) is 0 Å². The molecule has 19 heavy (non-hydrogen) atoms. The summed E-state index contributed by atoms with van der Waals surface area (Å²) in [5.41, 5.74) is 2.12. The number of benzene rings is 1. The van der Waals surface area contributed by atoms with Crippen molar-refractivity contribution < 1.29 is 9.90 Å². The van der Waals surface area contributed by atoms with E-state index >= 15 is 0 Å². The Morgan fingerprint density at radius 1 is 1.21 bits per heavy atom. The molecule has 0 aliphatic heterocycles. The molecule has 0 bridgehead atoms. The van der Waals surface area contributed by atoms with Crippen LogP contribution in [0.2, 0.25) is 0 Å². The number of carbonyl (C=O) groups is 1. The minimum absolute atomic E-state index is 0.0815. The summed E-state index contributed by atoms with van der Waals surface area (Å²) in [6.45, 7) is 0.778. The maximum Gasteiger partial charge on any atom is 0.220 e. The molecular formula is C16H23NO2. The first-order valence-electron chi connectivity index (χ1n) is 7.23. The van der Waals surface area contributed by atoms with Gasteiger partial charge in [0, 0.05) is 13.0 Å². The smallest absolute Gasteiger partial charge is 0.220 e. The third kappa shape index (κ3) is 4.67. The largest absolute Gasteiger partial charge is 0.392 e. The van der Waals surface area contributed by atoms with Crippen LogP contribution in [0, 0.1) is 5.92 Å². The van der Waals surface area contributed by atoms with E-state index in [1.54, 1.807) is 0 Å². The van der Waals surface area contributed by atoms with Gasteiger partial charge in [0.15, 0.2) is 0 Å². The van der Waals surface area contributed by atoms with E-state index < -0.39 is 0 Å².